The Morgan fingerprint density at radius 1 is 1.20 bits per heavy atom. The number of hydrogen-bond donors (Lipinski definition) is 0. The molecule has 0 saturated heterocycles. The number of nitrogens with zero attached hydrogens (tertiary/aromatic N) is 1. The van der Waals surface area contributed by atoms with Gasteiger partial charge < -0.3 is 14.2 Å². The molecule has 0 spiro atoms. The lowest BCUT2D eigenvalue weighted by Gasteiger charge is -2.11. The van der Waals surface area contributed by atoms with Crippen molar-refractivity contribution in [3.63, 3.8) is 0 Å². The molecule has 0 amide bonds. The van der Waals surface area contributed by atoms with E-state index in [4.69, 9.17) is 14.2 Å². The largest absolute Gasteiger partial charge is 0.496 e. The van der Waals surface area contributed by atoms with Crippen molar-refractivity contribution in [3.8, 4) is 17.2 Å². The lowest BCUT2D eigenvalue weighted by molar-refractivity contribution is -0.131. The summed E-state index contributed by atoms with van der Waals surface area (Å²) >= 11 is 1.48. The molecule has 25 heavy (non-hydrogen) atoms. The zero-order chi connectivity index (χ0) is 18.0. The van der Waals surface area contributed by atoms with E-state index >= 15 is 0 Å². The molecule has 130 valence electrons. The third-order valence-electron chi connectivity index (χ3n) is 3.78. The number of aromatic nitrogens is 1. The predicted molar refractivity (Wildman–Crippen MR) is 97.7 cm³/mol. The van der Waals surface area contributed by atoms with Crippen LogP contribution in [0, 0.1) is 13.8 Å². The predicted octanol–water partition coefficient (Wildman–Crippen LogP) is 4.43. The lowest BCUT2D eigenvalue weighted by Crippen LogP contribution is -2.02. The first-order valence-corrected chi connectivity index (χ1v) is 8.69. The fourth-order valence-corrected chi connectivity index (χ4v) is 3.48. The van der Waals surface area contributed by atoms with E-state index in [0.717, 1.165) is 27.0 Å². The van der Waals surface area contributed by atoms with Gasteiger partial charge in [0, 0.05) is 40.0 Å². The maximum atomic E-state index is 11.2. The fourth-order valence-electron chi connectivity index (χ4n) is 2.58. The quantitative estimate of drug-likeness (QED) is 0.633. The van der Waals surface area contributed by atoms with Crippen molar-refractivity contribution in [2.75, 3.05) is 7.11 Å². The summed E-state index contributed by atoms with van der Waals surface area (Å²) in [6.45, 7) is 5.75. The van der Waals surface area contributed by atoms with Gasteiger partial charge in [0.15, 0.2) is 5.75 Å². The number of hydrogen-bond acceptors (Lipinski definition) is 6. The first-order valence-electron chi connectivity index (χ1n) is 7.81. The lowest BCUT2D eigenvalue weighted by atomic mass is 10.2. The Bertz CT molecular complexity index is 933. The number of aryl methyl sites for hydroxylation is 2. The molecule has 0 fully saturated rings. The maximum absolute atomic E-state index is 11.2. The highest BCUT2D eigenvalue weighted by atomic mass is 32.1. The summed E-state index contributed by atoms with van der Waals surface area (Å²) in [6.07, 6.45) is 0. The van der Waals surface area contributed by atoms with E-state index in [2.05, 4.69) is 4.98 Å². The van der Waals surface area contributed by atoms with E-state index in [-0.39, 0.29) is 5.97 Å². The summed E-state index contributed by atoms with van der Waals surface area (Å²) in [5, 5.41) is 2.58. The average molecular weight is 357 g/mol. The zero-order valence-electron chi connectivity index (χ0n) is 14.6. The van der Waals surface area contributed by atoms with Crippen LogP contribution in [-0.4, -0.2) is 18.1 Å². The van der Waals surface area contributed by atoms with Gasteiger partial charge in [0.2, 0.25) is 0 Å². The molecule has 0 unspecified atom stereocenters. The van der Waals surface area contributed by atoms with Gasteiger partial charge in [-0.15, -0.1) is 11.3 Å². The van der Waals surface area contributed by atoms with Gasteiger partial charge in [0.05, 0.1) is 12.5 Å². The minimum absolute atomic E-state index is 0.357. The molecule has 6 heteroatoms. The summed E-state index contributed by atoms with van der Waals surface area (Å²) in [6, 6.07) is 7.73. The molecule has 0 bridgehead atoms. The first kappa shape index (κ1) is 17.2. The highest BCUT2D eigenvalue weighted by Gasteiger charge is 2.15. The van der Waals surface area contributed by atoms with Crippen molar-refractivity contribution < 1.29 is 19.0 Å². The second-order valence-corrected chi connectivity index (χ2v) is 6.59. The van der Waals surface area contributed by atoms with E-state index in [0.29, 0.717) is 23.9 Å². The number of esters is 1. The standard InChI is InChI=1S/C19H19NO4S/c1-11-5-6-14(12(2)20-11)9-23-15-7-16(22-4)19-17(24-13(3)21)10-25-18(19)8-15/h5-8,10H,9H2,1-4H3. The number of pyridine rings is 1. The highest BCUT2D eigenvalue weighted by Crippen LogP contribution is 2.42. The molecule has 0 atom stereocenters. The Morgan fingerprint density at radius 2 is 2.00 bits per heavy atom. The van der Waals surface area contributed by atoms with Gasteiger partial charge in [0.1, 0.15) is 18.1 Å². The fraction of sp³-hybridized carbons (Fsp3) is 0.263. The Kier molecular flexibility index (Phi) is 4.90. The smallest absolute Gasteiger partial charge is 0.308 e. The number of carbonyl (C=O) groups excluding carboxylic acids is 1. The van der Waals surface area contributed by atoms with Gasteiger partial charge in [-0.25, -0.2) is 0 Å². The topological polar surface area (TPSA) is 57.6 Å². The van der Waals surface area contributed by atoms with Crippen molar-refractivity contribution in [1.29, 1.82) is 0 Å². The minimum atomic E-state index is -0.357. The Balaban J connectivity index is 1.88. The van der Waals surface area contributed by atoms with Crippen LogP contribution in [0.15, 0.2) is 29.6 Å². The molecule has 1 aromatic carbocycles. The van der Waals surface area contributed by atoms with Crippen LogP contribution in [0.3, 0.4) is 0 Å². The number of ether oxygens (including phenoxy) is 3. The molecule has 0 aliphatic rings. The monoisotopic (exact) mass is 357 g/mol. The summed E-state index contributed by atoms with van der Waals surface area (Å²) in [4.78, 5) is 15.7. The van der Waals surface area contributed by atoms with E-state index in [1.807, 2.05) is 32.0 Å². The van der Waals surface area contributed by atoms with E-state index in [1.165, 1.54) is 18.3 Å². The van der Waals surface area contributed by atoms with Gasteiger partial charge in [-0.2, -0.15) is 0 Å². The van der Waals surface area contributed by atoms with Crippen LogP contribution >= 0.6 is 11.3 Å². The van der Waals surface area contributed by atoms with Crippen LogP contribution in [0.1, 0.15) is 23.9 Å². The summed E-state index contributed by atoms with van der Waals surface area (Å²) in [7, 11) is 1.59. The second kappa shape index (κ2) is 7.11. The van der Waals surface area contributed by atoms with Crippen molar-refractivity contribution in [1.82, 2.24) is 4.98 Å². The molecule has 3 aromatic rings. The summed E-state index contributed by atoms with van der Waals surface area (Å²) in [5.41, 5.74) is 2.98. The van der Waals surface area contributed by atoms with Crippen LogP contribution in [-0.2, 0) is 11.4 Å². The van der Waals surface area contributed by atoms with Crippen LogP contribution in [0.2, 0.25) is 0 Å². The Morgan fingerprint density at radius 3 is 2.68 bits per heavy atom. The Labute approximate surface area is 150 Å². The Hall–Kier alpha value is -2.60. The van der Waals surface area contributed by atoms with Gasteiger partial charge in [0.25, 0.3) is 0 Å². The molecule has 2 aromatic heterocycles. The van der Waals surface area contributed by atoms with E-state index in [9.17, 15) is 4.79 Å². The third-order valence-corrected chi connectivity index (χ3v) is 4.69. The molecule has 0 N–H and O–H groups in total. The van der Waals surface area contributed by atoms with E-state index in [1.54, 1.807) is 18.6 Å². The maximum Gasteiger partial charge on any atom is 0.308 e. The molecular weight excluding hydrogens is 338 g/mol. The van der Waals surface area contributed by atoms with Crippen molar-refractivity contribution in [3.05, 3.63) is 46.6 Å². The summed E-state index contributed by atoms with van der Waals surface area (Å²) in [5.74, 6) is 1.46. The molecule has 5 nitrogen and oxygen atoms in total. The zero-order valence-corrected chi connectivity index (χ0v) is 15.4. The third kappa shape index (κ3) is 3.74. The average Bonchev–Trinajstić information content (AvgIpc) is 2.95. The van der Waals surface area contributed by atoms with Gasteiger partial charge in [-0.1, -0.05) is 6.07 Å². The van der Waals surface area contributed by atoms with Gasteiger partial charge in [-0.05, 0) is 26.0 Å². The molecule has 0 aliphatic carbocycles. The summed E-state index contributed by atoms with van der Waals surface area (Å²) < 4.78 is 17.6. The number of carbonyl (C=O) groups is 1. The van der Waals surface area contributed by atoms with Crippen LogP contribution in [0.4, 0.5) is 0 Å². The van der Waals surface area contributed by atoms with Crippen molar-refractivity contribution in [2.45, 2.75) is 27.4 Å². The van der Waals surface area contributed by atoms with Crippen molar-refractivity contribution in [2.24, 2.45) is 0 Å². The molecule has 2 heterocycles. The molecule has 0 aliphatic heterocycles. The molecule has 0 radical (unpaired) electrons. The number of thiophene rings is 1. The van der Waals surface area contributed by atoms with Gasteiger partial charge >= 0.3 is 5.97 Å². The number of methoxy groups -OCH3 is 1. The molecule has 0 saturated carbocycles. The normalized spacial score (nSPS) is 10.7. The van der Waals surface area contributed by atoms with Crippen LogP contribution in [0.25, 0.3) is 10.1 Å². The molecule has 3 rings (SSSR count). The minimum Gasteiger partial charge on any atom is -0.496 e. The number of fused-ring (bicyclic) bond motifs is 1. The number of rotatable bonds is 5. The number of benzene rings is 1. The first-order chi connectivity index (χ1) is 12.0. The second-order valence-electron chi connectivity index (χ2n) is 5.68. The van der Waals surface area contributed by atoms with E-state index < -0.39 is 0 Å². The molecular formula is C19H19NO4S. The highest BCUT2D eigenvalue weighted by molar-refractivity contribution is 7.17. The van der Waals surface area contributed by atoms with Gasteiger partial charge in [-0.3, -0.25) is 9.78 Å². The van der Waals surface area contributed by atoms with Crippen molar-refractivity contribution >= 4 is 27.4 Å². The van der Waals surface area contributed by atoms with Crippen LogP contribution in [0.5, 0.6) is 17.2 Å². The van der Waals surface area contributed by atoms with Crippen LogP contribution < -0.4 is 14.2 Å². The SMILES string of the molecule is COc1cc(OCc2ccc(C)nc2C)cc2scc(OC(C)=O)c12.